The van der Waals surface area contributed by atoms with Gasteiger partial charge in [-0.05, 0) is 18.1 Å². The van der Waals surface area contributed by atoms with E-state index in [9.17, 15) is 14.4 Å². The summed E-state index contributed by atoms with van der Waals surface area (Å²) in [5.74, 6) is -1.32. The van der Waals surface area contributed by atoms with E-state index in [1.807, 2.05) is 30.3 Å². The summed E-state index contributed by atoms with van der Waals surface area (Å²) < 4.78 is 5.15. The van der Waals surface area contributed by atoms with Gasteiger partial charge in [0.15, 0.2) is 0 Å². The SMILES string of the molecule is C[C@]1(c2ccc(C(=N)N)cc2)NC(=O)N(CC(=O)OCc2ccccc2)C1=O.Cl. The Morgan fingerprint density at radius 1 is 1.14 bits per heavy atom. The van der Waals surface area contributed by atoms with Crippen molar-refractivity contribution in [2.45, 2.75) is 19.1 Å². The third-order valence-corrected chi connectivity index (χ3v) is 4.58. The molecule has 1 fully saturated rings. The molecule has 0 saturated carbocycles. The van der Waals surface area contributed by atoms with Crippen molar-refractivity contribution >= 4 is 36.2 Å². The lowest BCUT2D eigenvalue weighted by atomic mass is 9.91. The Morgan fingerprint density at radius 2 is 1.76 bits per heavy atom. The van der Waals surface area contributed by atoms with Crippen LogP contribution in [0, 0.1) is 5.41 Å². The number of nitrogens with zero attached hydrogens (tertiary/aromatic N) is 1. The Labute approximate surface area is 173 Å². The van der Waals surface area contributed by atoms with Gasteiger partial charge in [0.1, 0.15) is 24.5 Å². The minimum Gasteiger partial charge on any atom is -0.459 e. The molecule has 4 N–H and O–H groups in total. The quantitative estimate of drug-likeness (QED) is 0.287. The topological polar surface area (TPSA) is 126 Å². The van der Waals surface area contributed by atoms with Crippen LogP contribution in [-0.4, -0.2) is 35.2 Å². The smallest absolute Gasteiger partial charge is 0.326 e. The summed E-state index contributed by atoms with van der Waals surface area (Å²) in [5.41, 5.74) is 5.96. The Morgan fingerprint density at radius 3 is 2.34 bits per heavy atom. The van der Waals surface area contributed by atoms with E-state index in [-0.39, 0.29) is 24.8 Å². The van der Waals surface area contributed by atoms with E-state index >= 15 is 0 Å². The maximum atomic E-state index is 12.8. The molecular formula is C20H21ClN4O4. The predicted molar refractivity (Wildman–Crippen MR) is 109 cm³/mol. The summed E-state index contributed by atoms with van der Waals surface area (Å²) in [6.07, 6.45) is 0. The van der Waals surface area contributed by atoms with E-state index in [0.717, 1.165) is 10.5 Å². The second kappa shape index (κ2) is 8.74. The maximum Gasteiger partial charge on any atom is 0.326 e. The van der Waals surface area contributed by atoms with Crippen molar-refractivity contribution in [1.29, 1.82) is 5.41 Å². The molecule has 8 nitrogen and oxygen atoms in total. The van der Waals surface area contributed by atoms with Crippen molar-refractivity contribution in [3.8, 4) is 0 Å². The van der Waals surface area contributed by atoms with Crippen LogP contribution in [0.3, 0.4) is 0 Å². The molecule has 0 aliphatic carbocycles. The highest BCUT2D eigenvalue weighted by Gasteiger charge is 2.49. The molecule has 2 aromatic rings. The number of hydrogen-bond acceptors (Lipinski definition) is 5. The molecule has 152 valence electrons. The second-order valence-electron chi connectivity index (χ2n) is 6.58. The van der Waals surface area contributed by atoms with Crippen molar-refractivity contribution in [1.82, 2.24) is 10.2 Å². The zero-order chi connectivity index (χ0) is 20.3. The lowest BCUT2D eigenvalue weighted by molar-refractivity contribution is -0.148. The third kappa shape index (κ3) is 4.55. The first kappa shape index (κ1) is 21.9. The number of amides is 3. The average molecular weight is 417 g/mol. The average Bonchev–Trinajstić information content (AvgIpc) is 2.91. The molecular weight excluding hydrogens is 396 g/mol. The fourth-order valence-electron chi connectivity index (χ4n) is 2.93. The number of urea groups is 1. The summed E-state index contributed by atoms with van der Waals surface area (Å²) in [5, 5.41) is 10.0. The molecule has 1 aliphatic rings. The Hall–Kier alpha value is -3.39. The van der Waals surface area contributed by atoms with E-state index < -0.39 is 30.0 Å². The molecule has 3 rings (SSSR count). The Kier molecular flexibility index (Phi) is 6.60. The lowest BCUT2D eigenvalue weighted by Crippen LogP contribution is -2.41. The summed E-state index contributed by atoms with van der Waals surface area (Å²) >= 11 is 0. The Bertz CT molecular complexity index is 933. The van der Waals surface area contributed by atoms with E-state index in [1.54, 1.807) is 31.2 Å². The number of ether oxygens (including phenoxy) is 1. The number of carbonyl (C=O) groups is 3. The van der Waals surface area contributed by atoms with Crippen LogP contribution >= 0.6 is 12.4 Å². The maximum absolute atomic E-state index is 12.8. The second-order valence-corrected chi connectivity index (χ2v) is 6.58. The van der Waals surface area contributed by atoms with Gasteiger partial charge in [0.2, 0.25) is 0 Å². The third-order valence-electron chi connectivity index (χ3n) is 4.58. The van der Waals surface area contributed by atoms with Gasteiger partial charge in [-0.1, -0.05) is 54.6 Å². The zero-order valence-corrected chi connectivity index (χ0v) is 16.5. The van der Waals surface area contributed by atoms with Crippen LogP contribution in [0.1, 0.15) is 23.6 Å². The monoisotopic (exact) mass is 416 g/mol. The van der Waals surface area contributed by atoms with E-state index in [4.69, 9.17) is 15.9 Å². The predicted octanol–water partition coefficient (Wildman–Crippen LogP) is 1.90. The molecule has 29 heavy (non-hydrogen) atoms. The summed E-state index contributed by atoms with van der Waals surface area (Å²) in [4.78, 5) is 38.1. The number of nitrogens with two attached hydrogens (primary N) is 1. The number of halogens is 1. The molecule has 0 aromatic heterocycles. The van der Waals surface area contributed by atoms with Crippen molar-refractivity contribution < 1.29 is 19.1 Å². The molecule has 0 radical (unpaired) electrons. The first-order valence-corrected chi connectivity index (χ1v) is 8.60. The highest BCUT2D eigenvalue weighted by atomic mass is 35.5. The van der Waals surface area contributed by atoms with E-state index in [1.165, 1.54) is 0 Å². The van der Waals surface area contributed by atoms with Gasteiger partial charge in [-0.2, -0.15) is 0 Å². The lowest BCUT2D eigenvalue weighted by Gasteiger charge is -2.22. The van der Waals surface area contributed by atoms with Gasteiger partial charge in [0, 0.05) is 5.56 Å². The number of nitrogens with one attached hydrogen (secondary N) is 2. The molecule has 0 unspecified atom stereocenters. The van der Waals surface area contributed by atoms with Crippen molar-refractivity contribution in [3.05, 3.63) is 71.3 Å². The number of nitrogen functional groups attached to an aromatic ring is 1. The number of hydrogen-bond donors (Lipinski definition) is 3. The fourth-order valence-corrected chi connectivity index (χ4v) is 2.93. The summed E-state index contributed by atoms with van der Waals surface area (Å²) in [7, 11) is 0. The molecule has 2 aromatic carbocycles. The van der Waals surface area contributed by atoms with Gasteiger partial charge >= 0.3 is 12.0 Å². The number of imide groups is 1. The largest absolute Gasteiger partial charge is 0.459 e. The van der Waals surface area contributed by atoms with Crippen molar-refractivity contribution in [3.63, 3.8) is 0 Å². The summed E-state index contributed by atoms with van der Waals surface area (Å²) in [6, 6.07) is 14.9. The number of rotatable bonds is 6. The van der Waals surface area contributed by atoms with Gasteiger partial charge in [-0.3, -0.25) is 19.9 Å². The fraction of sp³-hybridized carbons (Fsp3) is 0.200. The first-order valence-electron chi connectivity index (χ1n) is 8.60. The molecule has 1 saturated heterocycles. The molecule has 1 aliphatic heterocycles. The molecule has 3 amide bonds. The van der Waals surface area contributed by atoms with Gasteiger partial charge in [0.05, 0.1) is 0 Å². The highest BCUT2D eigenvalue weighted by molar-refractivity contribution is 6.09. The van der Waals surface area contributed by atoms with Gasteiger partial charge < -0.3 is 15.8 Å². The van der Waals surface area contributed by atoms with Gasteiger partial charge in [0.25, 0.3) is 5.91 Å². The number of esters is 1. The standard InChI is InChI=1S/C20H20N4O4.ClH/c1-20(15-9-7-14(8-10-15)17(21)22)18(26)24(19(27)23-20)11-16(25)28-12-13-5-3-2-4-6-13;/h2-10H,11-12H2,1H3,(H3,21,22)(H,23,27);1H/t20-;/m1./s1. The van der Waals surface area contributed by atoms with Crippen LogP contribution in [0.15, 0.2) is 54.6 Å². The first-order chi connectivity index (χ1) is 13.3. The van der Waals surface area contributed by atoms with Gasteiger partial charge in [-0.15, -0.1) is 12.4 Å². The molecule has 1 heterocycles. The number of benzene rings is 2. The number of carbonyl (C=O) groups excluding carboxylic acids is 3. The zero-order valence-electron chi connectivity index (χ0n) is 15.7. The van der Waals surface area contributed by atoms with Crippen molar-refractivity contribution in [2.75, 3.05) is 6.54 Å². The van der Waals surface area contributed by atoms with Crippen LogP contribution in [-0.2, 0) is 26.5 Å². The molecule has 0 bridgehead atoms. The molecule has 9 heteroatoms. The van der Waals surface area contributed by atoms with E-state index in [0.29, 0.717) is 11.1 Å². The Balaban J connectivity index is 0.00000300. The van der Waals surface area contributed by atoms with Crippen LogP contribution in [0.25, 0.3) is 0 Å². The van der Waals surface area contributed by atoms with Crippen LogP contribution in [0.4, 0.5) is 4.79 Å². The summed E-state index contributed by atoms with van der Waals surface area (Å²) in [6.45, 7) is 1.15. The molecule has 0 spiro atoms. The van der Waals surface area contributed by atoms with Gasteiger partial charge in [-0.25, -0.2) is 4.79 Å². The normalized spacial score (nSPS) is 18.0. The minimum absolute atomic E-state index is 0. The van der Waals surface area contributed by atoms with E-state index in [2.05, 4.69) is 5.32 Å². The van der Waals surface area contributed by atoms with Crippen LogP contribution in [0.5, 0.6) is 0 Å². The highest BCUT2D eigenvalue weighted by Crippen LogP contribution is 2.29. The molecule has 1 atom stereocenters. The number of amidine groups is 1. The van der Waals surface area contributed by atoms with Crippen molar-refractivity contribution in [2.24, 2.45) is 5.73 Å². The van der Waals surface area contributed by atoms with Crippen LogP contribution in [0.2, 0.25) is 0 Å². The van der Waals surface area contributed by atoms with Crippen LogP contribution < -0.4 is 11.1 Å². The minimum atomic E-state index is -1.31.